The SMILES string of the molecule is CCOC(=O)C(N=Nc1sc(C(=O)OCC)c(C)c1C(=O)OCC)=C(O)c1ccc([N+](=O)[O-])cc1. The Morgan fingerprint density at radius 2 is 1.57 bits per heavy atom. The van der Waals surface area contributed by atoms with E-state index in [0.717, 1.165) is 23.5 Å². The van der Waals surface area contributed by atoms with E-state index in [0.29, 0.717) is 0 Å². The van der Waals surface area contributed by atoms with Crippen LogP contribution < -0.4 is 0 Å². The summed E-state index contributed by atoms with van der Waals surface area (Å²) in [5, 5.41) is 29.2. The molecule has 0 fully saturated rings. The maximum Gasteiger partial charge on any atom is 0.362 e. The summed E-state index contributed by atoms with van der Waals surface area (Å²) in [5.74, 6) is -3.11. The Labute approximate surface area is 204 Å². The maximum atomic E-state index is 12.5. The fraction of sp³-hybridized carbons (Fsp3) is 0.318. The zero-order chi connectivity index (χ0) is 26.1. The van der Waals surface area contributed by atoms with Crippen molar-refractivity contribution < 1.29 is 38.6 Å². The van der Waals surface area contributed by atoms with E-state index in [-0.39, 0.29) is 52.1 Å². The first-order valence-electron chi connectivity index (χ1n) is 10.4. The predicted octanol–water partition coefficient (Wildman–Crippen LogP) is 4.89. The zero-order valence-corrected chi connectivity index (χ0v) is 20.2. The van der Waals surface area contributed by atoms with Gasteiger partial charge in [-0.1, -0.05) is 0 Å². The fourth-order valence-electron chi connectivity index (χ4n) is 2.76. The molecule has 13 heteroatoms. The molecule has 0 spiro atoms. The van der Waals surface area contributed by atoms with Gasteiger partial charge >= 0.3 is 17.9 Å². The Morgan fingerprint density at radius 3 is 2.11 bits per heavy atom. The van der Waals surface area contributed by atoms with Crippen molar-refractivity contribution in [1.82, 2.24) is 0 Å². The molecule has 0 saturated heterocycles. The van der Waals surface area contributed by atoms with Gasteiger partial charge in [0.1, 0.15) is 10.4 Å². The average Bonchev–Trinajstić information content (AvgIpc) is 3.15. The quantitative estimate of drug-likeness (QED) is 0.0898. The first-order valence-corrected chi connectivity index (χ1v) is 11.2. The molecular formula is C22H23N3O9S. The second-order valence-electron chi connectivity index (χ2n) is 6.60. The second kappa shape index (κ2) is 12.4. The lowest BCUT2D eigenvalue weighted by atomic mass is 10.1. The number of aliphatic hydroxyl groups is 1. The number of nitrogens with zero attached hydrogens (tertiary/aromatic N) is 3. The van der Waals surface area contributed by atoms with E-state index in [9.17, 15) is 29.6 Å². The lowest BCUT2D eigenvalue weighted by molar-refractivity contribution is -0.384. The van der Waals surface area contributed by atoms with Gasteiger partial charge in [-0.3, -0.25) is 10.1 Å². The van der Waals surface area contributed by atoms with E-state index in [1.165, 1.54) is 19.1 Å². The molecule has 1 N–H and O–H groups in total. The van der Waals surface area contributed by atoms with Crippen molar-refractivity contribution >= 4 is 45.7 Å². The highest BCUT2D eigenvalue weighted by molar-refractivity contribution is 7.18. The van der Waals surface area contributed by atoms with Gasteiger partial charge in [0.25, 0.3) is 5.69 Å². The zero-order valence-electron chi connectivity index (χ0n) is 19.4. The lowest BCUT2D eigenvalue weighted by Gasteiger charge is -2.06. The van der Waals surface area contributed by atoms with Crippen LogP contribution in [0.15, 0.2) is 40.2 Å². The summed E-state index contributed by atoms with van der Waals surface area (Å²) in [6.45, 7) is 6.44. The first kappa shape index (κ1) is 27.1. The molecule has 0 aliphatic heterocycles. The molecule has 0 radical (unpaired) electrons. The van der Waals surface area contributed by atoms with Crippen molar-refractivity contribution in [3.63, 3.8) is 0 Å². The van der Waals surface area contributed by atoms with Crippen molar-refractivity contribution in [1.29, 1.82) is 0 Å². The highest BCUT2D eigenvalue weighted by Crippen LogP contribution is 2.37. The number of benzene rings is 1. The number of carbonyl (C=O) groups excluding carboxylic acids is 3. The molecule has 2 aromatic rings. The van der Waals surface area contributed by atoms with Crippen LogP contribution in [0.3, 0.4) is 0 Å². The normalized spacial score (nSPS) is 11.7. The molecular weight excluding hydrogens is 482 g/mol. The Balaban J connectivity index is 2.62. The largest absolute Gasteiger partial charge is 0.505 e. The van der Waals surface area contributed by atoms with Crippen molar-refractivity contribution in [2.24, 2.45) is 10.2 Å². The highest BCUT2D eigenvalue weighted by Gasteiger charge is 2.27. The minimum Gasteiger partial charge on any atom is -0.505 e. The summed E-state index contributed by atoms with van der Waals surface area (Å²) < 4.78 is 15.0. The minimum absolute atomic E-state index is 0.0371. The molecule has 0 amide bonds. The molecule has 0 bridgehead atoms. The molecule has 186 valence electrons. The molecule has 1 heterocycles. The minimum atomic E-state index is -1.02. The third kappa shape index (κ3) is 6.47. The van der Waals surface area contributed by atoms with E-state index < -0.39 is 34.3 Å². The summed E-state index contributed by atoms with van der Waals surface area (Å²) in [6.07, 6.45) is 0. The number of non-ortho nitro benzene ring substituents is 1. The van der Waals surface area contributed by atoms with Gasteiger partial charge in [-0.25, -0.2) is 14.4 Å². The molecule has 12 nitrogen and oxygen atoms in total. The van der Waals surface area contributed by atoms with E-state index >= 15 is 0 Å². The summed E-state index contributed by atoms with van der Waals surface area (Å²) in [7, 11) is 0. The molecule has 0 atom stereocenters. The van der Waals surface area contributed by atoms with Crippen molar-refractivity contribution in [3.8, 4) is 0 Å². The number of ether oxygens (including phenoxy) is 3. The van der Waals surface area contributed by atoms with Crippen molar-refractivity contribution in [3.05, 3.63) is 61.6 Å². The smallest absolute Gasteiger partial charge is 0.362 e. The van der Waals surface area contributed by atoms with E-state index in [1.807, 2.05) is 0 Å². The summed E-state index contributed by atoms with van der Waals surface area (Å²) in [4.78, 5) is 47.7. The number of azo groups is 1. The van der Waals surface area contributed by atoms with Gasteiger partial charge in [-0.05, 0) is 45.4 Å². The summed E-state index contributed by atoms with van der Waals surface area (Å²) in [6, 6.07) is 4.72. The van der Waals surface area contributed by atoms with Gasteiger partial charge in [-0.15, -0.1) is 21.6 Å². The summed E-state index contributed by atoms with van der Waals surface area (Å²) >= 11 is 0.801. The van der Waals surface area contributed by atoms with Gasteiger partial charge in [0.05, 0.1) is 24.7 Å². The molecule has 2 rings (SSSR count). The van der Waals surface area contributed by atoms with Crippen LogP contribution in [0.25, 0.3) is 5.76 Å². The third-order valence-corrected chi connectivity index (χ3v) is 5.51. The van der Waals surface area contributed by atoms with Crippen LogP contribution in [0.2, 0.25) is 0 Å². The predicted molar refractivity (Wildman–Crippen MR) is 125 cm³/mol. The van der Waals surface area contributed by atoms with E-state index in [4.69, 9.17) is 14.2 Å². The molecule has 0 aliphatic carbocycles. The number of hydrogen-bond donors (Lipinski definition) is 1. The highest BCUT2D eigenvalue weighted by atomic mass is 32.1. The molecule has 0 unspecified atom stereocenters. The van der Waals surface area contributed by atoms with Crippen LogP contribution in [0, 0.1) is 17.0 Å². The summed E-state index contributed by atoms with van der Waals surface area (Å²) in [5.41, 5.74) is -0.568. The molecule has 0 saturated carbocycles. The number of rotatable bonds is 10. The van der Waals surface area contributed by atoms with Gasteiger partial charge in [-0.2, -0.15) is 0 Å². The Hall–Kier alpha value is -4.13. The number of hydrogen-bond acceptors (Lipinski definition) is 12. The Bertz CT molecular complexity index is 1180. The van der Waals surface area contributed by atoms with Crippen LogP contribution >= 0.6 is 11.3 Å². The van der Waals surface area contributed by atoms with Gasteiger partial charge in [0, 0.05) is 17.7 Å². The van der Waals surface area contributed by atoms with Crippen molar-refractivity contribution in [2.75, 3.05) is 19.8 Å². The Kier molecular flexibility index (Phi) is 9.58. The van der Waals surface area contributed by atoms with Gasteiger partial charge < -0.3 is 19.3 Å². The fourth-order valence-corrected chi connectivity index (χ4v) is 3.77. The van der Waals surface area contributed by atoms with Crippen LogP contribution in [-0.2, 0) is 19.0 Å². The number of aliphatic hydroxyl groups excluding tert-OH is 1. The van der Waals surface area contributed by atoms with Crippen LogP contribution in [-0.4, -0.2) is 47.8 Å². The molecule has 1 aromatic carbocycles. The lowest BCUT2D eigenvalue weighted by Crippen LogP contribution is -2.09. The number of thiophene rings is 1. The van der Waals surface area contributed by atoms with Crippen LogP contribution in [0.1, 0.15) is 51.9 Å². The van der Waals surface area contributed by atoms with Crippen LogP contribution in [0.4, 0.5) is 10.7 Å². The number of nitro groups is 1. The van der Waals surface area contributed by atoms with Crippen LogP contribution in [0.5, 0.6) is 0 Å². The number of nitro benzene ring substituents is 1. The topological polar surface area (TPSA) is 167 Å². The molecule has 35 heavy (non-hydrogen) atoms. The van der Waals surface area contributed by atoms with E-state index in [1.54, 1.807) is 20.8 Å². The number of carbonyl (C=O) groups is 3. The third-order valence-electron chi connectivity index (χ3n) is 4.35. The van der Waals surface area contributed by atoms with Gasteiger partial charge in [0.15, 0.2) is 10.8 Å². The second-order valence-corrected chi connectivity index (χ2v) is 7.60. The Morgan fingerprint density at radius 1 is 1.00 bits per heavy atom. The molecule has 0 aliphatic rings. The maximum absolute atomic E-state index is 12.5. The van der Waals surface area contributed by atoms with E-state index in [2.05, 4.69) is 10.2 Å². The first-order chi connectivity index (χ1) is 16.7. The van der Waals surface area contributed by atoms with Gasteiger partial charge in [0.2, 0.25) is 5.70 Å². The van der Waals surface area contributed by atoms with Crippen molar-refractivity contribution in [2.45, 2.75) is 27.7 Å². The monoisotopic (exact) mass is 505 g/mol. The molecule has 1 aromatic heterocycles. The standard InChI is InChI=1S/C22H23N3O9S/c1-5-32-20(27)15-12(4)18(22(29)34-7-3)35-19(15)24-23-16(21(28)33-6-2)17(26)13-8-10-14(11-9-13)25(30)31/h8-11,26H,5-7H2,1-4H3. The average molecular weight is 506 g/mol. The number of esters is 3.